The molecule has 0 aliphatic carbocycles. The highest BCUT2D eigenvalue weighted by atomic mass is 16.7. The van der Waals surface area contributed by atoms with Gasteiger partial charge < -0.3 is 23.8 Å². The van der Waals surface area contributed by atoms with Crippen molar-refractivity contribution in [1.29, 1.82) is 0 Å². The van der Waals surface area contributed by atoms with Crippen LogP contribution < -0.4 is 14.4 Å². The van der Waals surface area contributed by atoms with Crippen molar-refractivity contribution in [3.63, 3.8) is 0 Å². The largest absolute Gasteiger partial charge is 0.493 e. The molecule has 29 heavy (non-hydrogen) atoms. The Hall–Kier alpha value is -2.57. The molecule has 0 N–H and O–H groups in total. The van der Waals surface area contributed by atoms with Gasteiger partial charge in [0, 0.05) is 5.56 Å². The molecule has 2 aliphatic heterocycles. The van der Waals surface area contributed by atoms with E-state index in [1.807, 2.05) is 43.3 Å². The number of nitrogens with zero attached hydrogens (tertiary/aromatic N) is 1. The van der Waals surface area contributed by atoms with Crippen molar-refractivity contribution < 1.29 is 23.7 Å². The summed E-state index contributed by atoms with van der Waals surface area (Å²) in [5, 5.41) is 0. The van der Waals surface area contributed by atoms with Gasteiger partial charge in [-0.3, -0.25) is 4.79 Å². The SMILES string of the molecule is CCCOc1ccc(CN2C(=O)C3(OCCCO3)c3cc(C)ccc32)cc1OC. The second-order valence-corrected chi connectivity index (χ2v) is 7.41. The Morgan fingerprint density at radius 1 is 1.10 bits per heavy atom. The van der Waals surface area contributed by atoms with Crippen LogP contribution in [0, 0.1) is 6.92 Å². The van der Waals surface area contributed by atoms with Crippen LogP contribution in [0.25, 0.3) is 0 Å². The Bertz CT molecular complexity index is 904. The van der Waals surface area contributed by atoms with Gasteiger partial charge in [0.25, 0.3) is 11.7 Å². The number of rotatable bonds is 6. The third-order valence-electron chi connectivity index (χ3n) is 5.25. The van der Waals surface area contributed by atoms with Crippen molar-refractivity contribution in [3.8, 4) is 11.5 Å². The number of benzene rings is 2. The maximum Gasteiger partial charge on any atom is 0.292 e. The average Bonchev–Trinajstić information content (AvgIpc) is 2.95. The fourth-order valence-electron chi connectivity index (χ4n) is 3.84. The highest BCUT2D eigenvalue weighted by molar-refractivity contribution is 6.06. The molecule has 4 rings (SSSR count). The molecule has 154 valence electrons. The summed E-state index contributed by atoms with van der Waals surface area (Å²) in [6.45, 7) is 6.10. The molecule has 0 radical (unpaired) electrons. The zero-order valence-corrected chi connectivity index (χ0v) is 17.2. The summed E-state index contributed by atoms with van der Waals surface area (Å²) >= 11 is 0. The minimum atomic E-state index is -1.33. The van der Waals surface area contributed by atoms with E-state index >= 15 is 0 Å². The molecule has 0 saturated carbocycles. The van der Waals surface area contributed by atoms with Gasteiger partial charge in [0.15, 0.2) is 11.5 Å². The number of anilines is 1. The highest BCUT2D eigenvalue weighted by Crippen LogP contribution is 2.46. The minimum Gasteiger partial charge on any atom is -0.493 e. The summed E-state index contributed by atoms with van der Waals surface area (Å²) in [6, 6.07) is 11.7. The first-order valence-corrected chi connectivity index (χ1v) is 10.1. The lowest BCUT2D eigenvalue weighted by Crippen LogP contribution is -2.47. The fourth-order valence-corrected chi connectivity index (χ4v) is 3.84. The lowest BCUT2D eigenvalue weighted by atomic mass is 10.0. The number of amides is 1. The molecule has 6 nitrogen and oxygen atoms in total. The lowest BCUT2D eigenvalue weighted by molar-refractivity contribution is -0.256. The molecule has 1 amide bonds. The predicted octanol–water partition coefficient (Wildman–Crippen LogP) is 3.93. The van der Waals surface area contributed by atoms with E-state index in [2.05, 4.69) is 6.92 Å². The van der Waals surface area contributed by atoms with E-state index in [9.17, 15) is 4.79 Å². The molecule has 0 atom stereocenters. The van der Waals surface area contributed by atoms with Crippen LogP contribution in [0.3, 0.4) is 0 Å². The van der Waals surface area contributed by atoms with Crippen LogP contribution in [0.5, 0.6) is 11.5 Å². The number of aryl methyl sites for hydroxylation is 1. The van der Waals surface area contributed by atoms with E-state index in [1.54, 1.807) is 12.0 Å². The van der Waals surface area contributed by atoms with Gasteiger partial charge in [-0.05, 0) is 49.6 Å². The standard InChI is InChI=1S/C23H27NO5/c1-4-10-27-20-9-7-17(14-21(20)26-3)15-24-19-8-6-16(2)13-18(19)23(22(24)25)28-11-5-12-29-23/h6-9,13-14H,4-5,10-12,15H2,1-3H3. The van der Waals surface area contributed by atoms with Crippen LogP contribution in [0.4, 0.5) is 5.69 Å². The molecule has 2 aliphatic rings. The number of ether oxygens (including phenoxy) is 4. The van der Waals surface area contributed by atoms with Gasteiger partial charge >= 0.3 is 0 Å². The van der Waals surface area contributed by atoms with Crippen LogP contribution in [0.15, 0.2) is 36.4 Å². The summed E-state index contributed by atoms with van der Waals surface area (Å²) in [5.74, 6) is -0.139. The van der Waals surface area contributed by atoms with Gasteiger partial charge in [0.05, 0.1) is 39.2 Å². The van der Waals surface area contributed by atoms with Crippen molar-refractivity contribution >= 4 is 11.6 Å². The number of methoxy groups -OCH3 is 1. The van der Waals surface area contributed by atoms with Crippen molar-refractivity contribution in [2.45, 2.75) is 39.0 Å². The molecule has 1 spiro atoms. The molecular weight excluding hydrogens is 370 g/mol. The number of carbonyl (C=O) groups is 1. The maximum atomic E-state index is 13.4. The molecule has 2 aromatic rings. The summed E-state index contributed by atoms with van der Waals surface area (Å²) in [5.41, 5.74) is 3.62. The van der Waals surface area contributed by atoms with Crippen LogP contribution in [-0.4, -0.2) is 32.8 Å². The molecule has 2 heterocycles. The Morgan fingerprint density at radius 3 is 2.62 bits per heavy atom. The zero-order valence-electron chi connectivity index (χ0n) is 17.2. The molecule has 0 aromatic heterocycles. The average molecular weight is 397 g/mol. The second kappa shape index (κ2) is 8.05. The maximum absolute atomic E-state index is 13.4. The number of hydrogen-bond acceptors (Lipinski definition) is 5. The predicted molar refractivity (Wildman–Crippen MR) is 109 cm³/mol. The van der Waals surface area contributed by atoms with Gasteiger partial charge in [-0.2, -0.15) is 0 Å². The highest BCUT2D eigenvalue weighted by Gasteiger charge is 2.54. The summed E-state index contributed by atoms with van der Waals surface area (Å²) in [7, 11) is 1.62. The van der Waals surface area contributed by atoms with Crippen LogP contribution in [-0.2, 0) is 26.6 Å². The van der Waals surface area contributed by atoms with E-state index in [-0.39, 0.29) is 5.91 Å². The normalized spacial score (nSPS) is 17.5. The monoisotopic (exact) mass is 397 g/mol. The van der Waals surface area contributed by atoms with Crippen molar-refractivity contribution in [3.05, 3.63) is 53.1 Å². The number of hydrogen-bond donors (Lipinski definition) is 0. The first-order chi connectivity index (χ1) is 14.1. The van der Waals surface area contributed by atoms with Gasteiger partial charge in [0.1, 0.15) is 0 Å². The van der Waals surface area contributed by atoms with E-state index < -0.39 is 5.79 Å². The smallest absolute Gasteiger partial charge is 0.292 e. The van der Waals surface area contributed by atoms with Crippen molar-refractivity contribution in [2.75, 3.05) is 31.8 Å². The minimum absolute atomic E-state index is 0.178. The van der Waals surface area contributed by atoms with Gasteiger partial charge in [-0.1, -0.05) is 24.6 Å². The Labute approximate surface area is 171 Å². The summed E-state index contributed by atoms with van der Waals surface area (Å²) in [4.78, 5) is 15.2. The Morgan fingerprint density at radius 2 is 1.90 bits per heavy atom. The molecule has 2 aromatic carbocycles. The first-order valence-electron chi connectivity index (χ1n) is 10.1. The Balaban J connectivity index is 1.66. The second-order valence-electron chi connectivity index (χ2n) is 7.41. The number of fused-ring (bicyclic) bond motifs is 2. The topological polar surface area (TPSA) is 57.2 Å². The van der Waals surface area contributed by atoms with Crippen LogP contribution in [0.2, 0.25) is 0 Å². The molecule has 6 heteroatoms. The van der Waals surface area contributed by atoms with E-state index in [1.165, 1.54) is 0 Å². The van der Waals surface area contributed by atoms with Crippen molar-refractivity contribution in [1.82, 2.24) is 0 Å². The zero-order chi connectivity index (χ0) is 20.4. The van der Waals surface area contributed by atoms with Crippen LogP contribution >= 0.6 is 0 Å². The summed E-state index contributed by atoms with van der Waals surface area (Å²) < 4.78 is 23.1. The first kappa shape index (κ1) is 19.7. The van der Waals surface area contributed by atoms with E-state index in [0.29, 0.717) is 37.9 Å². The molecule has 0 unspecified atom stereocenters. The van der Waals surface area contributed by atoms with Crippen LogP contribution in [0.1, 0.15) is 36.5 Å². The van der Waals surface area contributed by atoms with E-state index in [0.717, 1.165) is 35.2 Å². The van der Waals surface area contributed by atoms with Crippen molar-refractivity contribution in [2.24, 2.45) is 0 Å². The van der Waals surface area contributed by atoms with E-state index in [4.69, 9.17) is 18.9 Å². The molecule has 1 saturated heterocycles. The van der Waals surface area contributed by atoms with Gasteiger partial charge in [0.2, 0.25) is 0 Å². The molecule has 0 bridgehead atoms. The third-order valence-corrected chi connectivity index (χ3v) is 5.25. The third kappa shape index (κ3) is 3.47. The fraction of sp³-hybridized carbons (Fsp3) is 0.435. The summed E-state index contributed by atoms with van der Waals surface area (Å²) in [6.07, 6.45) is 1.71. The molecule has 1 fully saturated rings. The Kier molecular flexibility index (Phi) is 5.48. The quantitative estimate of drug-likeness (QED) is 0.739. The van der Waals surface area contributed by atoms with Gasteiger partial charge in [-0.15, -0.1) is 0 Å². The number of carbonyl (C=O) groups excluding carboxylic acids is 1. The van der Waals surface area contributed by atoms with Gasteiger partial charge in [-0.25, -0.2) is 0 Å². The lowest BCUT2D eigenvalue weighted by Gasteiger charge is -2.32. The molecular formula is C23H27NO5.